The normalized spacial score (nSPS) is 15.5. The SMILES string of the molecule is O=C(Cc1c(F)cccc1Cl)N1CCC(n2cnc3cccnc32)CC1. The van der Waals surface area contributed by atoms with Gasteiger partial charge in [0.25, 0.3) is 0 Å². The van der Waals surface area contributed by atoms with Crippen LogP contribution in [0.3, 0.4) is 0 Å². The number of hydrogen-bond acceptors (Lipinski definition) is 3. The van der Waals surface area contributed by atoms with Crippen molar-refractivity contribution in [1.82, 2.24) is 19.4 Å². The van der Waals surface area contributed by atoms with Crippen LogP contribution in [0.4, 0.5) is 4.39 Å². The first kappa shape index (κ1) is 17.0. The van der Waals surface area contributed by atoms with Gasteiger partial charge in [0, 0.05) is 35.9 Å². The molecule has 2 aromatic heterocycles. The first-order valence-corrected chi connectivity index (χ1v) is 8.99. The van der Waals surface area contributed by atoms with E-state index < -0.39 is 5.82 Å². The molecule has 0 unspecified atom stereocenters. The summed E-state index contributed by atoms with van der Waals surface area (Å²) < 4.78 is 16.0. The summed E-state index contributed by atoms with van der Waals surface area (Å²) in [5.41, 5.74) is 2.02. The predicted molar refractivity (Wildman–Crippen MR) is 97.5 cm³/mol. The van der Waals surface area contributed by atoms with Crippen LogP contribution in [0.2, 0.25) is 5.02 Å². The number of benzene rings is 1. The zero-order chi connectivity index (χ0) is 18.1. The molecule has 0 spiro atoms. The summed E-state index contributed by atoms with van der Waals surface area (Å²) >= 11 is 6.03. The monoisotopic (exact) mass is 372 g/mol. The van der Waals surface area contributed by atoms with Crippen LogP contribution in [-0.4, -0.2) is 38.4 Å². The molecule has 0 atom stereocenters. The average Bonchev–Trinajstić information content (AvgIpc) is 3.09. The maximum Gasteiger partial charge on any atom is 0.227 e. The lowest BCUT2D eigenvalue weighted by Crippen LogP contribution is -2.40. The number of pyridine rings is 1. The Morgan fingerprint density at radius 3 is 2.77 bits per heavy atom. The van der Waals surface area contributed by atoms with Gasteiger partial charge in [-0.25, -0.2) is 14.4 Å². The van der Waals surface area contributed by atoms with Gasteiger partial charge in [-0.2, -0.15) is 0 Å². The van der Waals surface area contributed by atoms with E-state index >= 15 is 0 Å². The van der Waals surface area contributed by atoms with Gasteiger partial charge in [-0.3, -0.25) is 4.79 Å². The maximum atomic E-state index is 13.9. The van der Waals surface area contributed by atoms with Crippen LogP contribution in [0.1, 0.15) is 24.4 Å². The number of hydrogen-bond donors (Lipinski definition) is 0. The van der Waals surface area contributed by atoms with Gasteiger partial charge in [0.15, 0.2) is 5.65 Å². The van der Waals surface area contributed by atoms with Crippen LogP contribution < -0.4 is 0 Å². The molecule has 134 valence electrons. The molecule has 26 heavy (non-hydrogen) atoms. The zero-order valence-electron chi connectivity index (χ0n) is 14.1. The summed E-state index contributed by atoms with van der Waals surface area (Å²) in [6.45, 7) is 1.25. The van der Waals surface area contributed by atoms with Gasteiger partial charge < -0.3 is 9.47 Å². The summed E-state index contributed by atoms with van der Waals surface area (Å²) in [6, 6.07) is 8.55. The molecule has 0 radical (unpaired) electrons. The minimum absolute atomic E-state index is 0.00820. The van der Waals surface area contributed by atoms with Gasteiger partial charge in [0.2, 0.25) is 5.91 Å². The number of carbonyl (C=O) groups excluding carboxylic acids is 1. The summed E-state index contributed by atoms with van der Waals surface area (Å²) in [5, 5.41) is 0.296. The standard InChI is InChI=1S/C19H18ClFN4O/c20-15-3-1-4-16(21)14(15)11-18(26)24-9-6-13(7-10-24)25-12-23-17-5-2-8-22-19(17)25/h1-5,8,12-13H,6-7,9-11H2. The van der Waals surface area contributed by atoms with Gasteiger partial charge in [0.1, 0.15) is 11.3 Å². The molecule has 1 aliphatic rings. The van der Waals surface area contributed by atoms with Crippen LogP contribution >= 0.6 is 11.6 Å². The number of fused-ring (bicyclic) bond motifs is 1. The lowest BCUT2D eigenvalue weighted by atomic mass is 10.0. The molecule has 7 heteroatoms. The molecule has 1 aliphatic heterocycles. The molecule has 0 aliphatic carbocycles. The van der Waals surface area contributed by atoms with Gasteiger partial charge in [-0.05, 0) is 37.1 Å². The Labute approximate surface area is 155 Å². The number of carbonyl (C=O) groups is 1. The largest absolute Gasteiger partial charge is 0.342 e. The Kier molecular flexibility index (Phi) is 4.59. The van der Waals surface area contributed by atoms with Crippen molar-refractivity contribution in [3.8, 4) is 0 Å². The van der Waals surface area contributed by atoms with Crippen molar-refractivity contribution in [1.29, 1.82) is 0 Å². The molecule has 3 aromatic rings. The Morgan fingerprint density at radius 1 is 1.19 bits per heavy atom. The number of halogens is 2. The summed E-state index contributed by atoms with van der Waals surface area (Å²) in [6.07, 6.45) is 5.21. The highest BCUT2D eigenvalue weighted by molar-refractivity contribution is 6.31. The first-order chi connectivity index (χ1) is 12.6. The van der Waals surface area contributed by atoms with Crippen molar-refractivity contribution in [3.05, 3.63) is 59.3 Å². The molecule has 4 rings (SSSR count). The van der Waals surface area contributed by atoms with E-state index in [1.165, 1.54) is 6.07 Å². The molecule has 5 nitrogen and oxygen atoms in total. The van der Waals surface area contributed by atoms with Crippen molar-refractivity contribution in [3.63, 3.8) is 0 Å². The highest BCUT2D eigenvalue weighted by Gasteiger charge is 2.26. The Hall–Kier alpha value is -2.47. The van der Waals surface area contributed by atoms with E-state index in [-0.39, 0.29) is 23.9 Å². The second kappa shape index (κ2) is 7.03. The van der Waals surface area contributed by atoms with Crippen molar-refractivity contribution in [2.24, 2.45) is 0 Å². The van der Waals surface area contributed by atoms with Crippen molar-refractivity contribution >= 4 is 28.7 Å². The lowest BCUT2D eigenvalue weighted by Gasteiger charge is -2.32. The molecule has 0 saturated carbocycles. The fourth-order valence-electron chi connectivity index (χ4n) is 3.49. The summed E-state index contributed by atoms with van der Waals surface area (Å²) in [7, 11) is 0. The van der Waals surface area contributed by atoms with Crippen molar-refractivity contribution in [2.45, 2.75) is 25.3 Å². The van der Waals surface area contributed by atoms with E-state index in [0.717, 1.165) is 24.0 Å². The molecule has 0 N–H and O–H groups in total. The molecular formula is C19H18ClFN4O. The van der Waals surface area contributed by atoms with Gasteiger partial charge in [0.05, 0.1) is 12.7 Å². The van der Waals surface area contributed by atoms with E-state index in [1.807, 2.05) is 18.5 Å². The fraction of sp³-hybridized carbons (Fsp3) is 0.316. The number of nitrogens with zero attached hydrogens (tertiary/aromatic N) is 4. The van der Waals surface area contributed by atoms with E-state index in [2.05, 4.69) is 14.5 Å². The molecule has 1 aromatic carbocycles. The smallest absolute Gasteiger partial charge is 0.227 e. The third-order valence-corrected chi connectivity index (χ3v) is 5.29. The number of amides is 1. The van der Waals surface area contributed by atoms with Gasteiger partial charge >= 0.3 is 0 Å². The van der Waals surface area contributed by atoms with Crippen molar-refractivity contribution < 1.29 is 9.18 Å². The number of piperidine rings is 1. The Bertz CT molecular complexity index is 929. The molecule has 0 bridgehead atoms. The topological polar surface area (TPSA) is 51.0 Å². The van der Waals surface area contributed by atoms with Crippen LogP contribution in [-0.2, 0) is 11.2 Å². The van der Waals surface area contributed by atoms with Crippen LogP contribution in [0.25, 0.3) is 11.2 Å². The molecule has 1 fully saturated rings. The molecular weight excluding hydrogens is 355 g/mol. The van der Waals surface area contributed by atoms with Crippen LogP contribution in [0.15, 0.2) is 42.9 Å². The van der Waals surface area contributed by atoms with Crippen LogP contribution in [0, 0.1) is 5.82 Å². The number of aromatic nitrogens is 3. The Morgan fingerprint density at radius 2 is 2.00 bits per heavy atom. The van der Waals surface area contributed by atoms with E-state index in [4.69, 9.17) is 11.6 Å². The second-order valence-electron chi connectivity index (χ2n) is 6.49. The summed E-state index contributed by atoms with van der Waals surface area (Å²) in [5.74, 6) is -0.527. The van der Waals surface area contributed by atoms with E-state index in [9.17, 15) is 9.18 Å². The number of imidazole rings is 1. The average molecular weight is 373 g/mol. The predicted octanol–water partition coefficient (Wildman–Crippen LogP) is 3.63. The fourth-order valence-corrected chi connectivity index (χ4v) is 3.72. The first-order valence-electron chi connectivity index (χ1n) is 8.61. The van der Waals surface area contributed by atoms with Gasteiger partial charge in [-0.15, -0.1) is 0 Å². The minimum Gasteiger partial charge on any atom is -0.342 e. The maximum absolute atomic E-state index is 13.9. The quantitative estimate of drug-likeness (QED) is 0.705. The van der Waals surface area contributed by atoms with E-state index in [1.54, 1.807) is 23.2 Å². The Balaban J connectivity index is 1.43. The van der Waals surface area contributed by atoms with Gasteiger partial charge in [-0.1, -0.05) is 17.7 Å². The van der Waals surface area contributed by atoms with Crippen molar-refractivity contribution in [2.75, 3.05) is 13.1 Å². The minimum atomic E-state index is -0.434. The molecule has 1 amide bonds. The van der Waals surface area contributed by atoms with E-state index in [0.29, 0.717) is 18.1 Å². The number of likely N-dealkylation sites (tertiary alicyclic amines) is 1. The third kappa shape index (κ3) is 3.17. The molecule has 1 saturated heterocycles. The lowest BCUT2D eigenvalue weighted by molar-refractivity contribution is -0.131. The van der Waals surface area contributed by atoms with Crippen LogP contribution in [0.5, 0.6) is 0 Å². The number of rotatable bonds is 3. The zero-order valence-corrected chi connectivity index (χ0v) is 14.9. The molecule has 3 heterocycles. The third-order valence-electron chi connectivity index (χ3n) is 4.93. The highest BCUT2D eigenvalue weighted by atomic mass is 35.5. The summed E-state index contributed by atoms with van der Waals surface area (Å²) in [4.78, 5) is 23.1. The second-order valence-corrected chi connectivity index (χ2v) is 6.89. The highest BCUT2D eigenvalue weighted by Crippen LogP contribution is 2.27.